The molecule has 0 saturated carbocycles. The van der Waals surface area contributed by atoms with Crippen LogP contribution in [0.3, 0.4) is 0 Å². The molecule has 0 bridgehead atoms. The molecule has 1 N–H and O–H groups in total. The smallest absolute Gasteiger partial charge is 0.261 e. The average molecular weight is 527 g/mol. The lowest BCUT2D eigenvalue weighted by Crippen LogP contribution is -2.52. The second-order valence-corrected chi connectivity index (χ2v) is 9.93. The normalized spacial score (nSPS) is 11.8. The molecule has 0 heterocycles. The van der Waals surface area contributed by atoms with Crippen LogP contribution in [0.5, 0.6) is 5.75 Å². The van der Waals surface area contributed by atoms with Crippen LogP contribution in [0, 0.1) is 13.8 Å². The standard InChI is InChI=1S/C29H32Cl2N2O3/c1-19(2)32-29(35)26(16-22-10-6-5-7-11-22)33(17-23-12-8-9-13-25(23)30)27(34)18-36-24-14-20(3)28(31)21(4)15-24/h5-15,19,26H,16-18H2,1-4H3,(H,32,35)/t26-/m0/s1. The fourth-order valence-electron chi connectivity index (χ4n) is 3.96. The van der Waals surface area contributed by atoms with Crippen molar-refractivity contribution < 1.29 is 14.3 Å². The summed E-state index contributed by atoms with van der Waals surface area (Å²) in [6.45, 7) is 7.51. The molecule has 5 nitrogen and oxygen atoms in total. The van der Waals surface area contributed by atoms with Crippen LogP contribution >= 0.6 is 23.2 Å². The third kappa shape index (κ3) is 7.49. The van der Waals surface area contributed by atoms with E-state index in [1.807, 2.05) is 76.2 Å². The number of ether oxygens (including phenoxy) is 1. The summed E-state index contributed by atoms with van der Waals surface area (Å²) in [7, 11) is 0. The summed E-state index contributed by atoms with van der Waals surface area (Å²) < 4.78 is 5.88. The number of nitrogens with one attached hydrogen (secondary N) is 1. The van der Waals surface area contributed by atoms with Gasteiger partial charge in [-0.1, -0.05) is 71.7 Å². The molecule has 0 unspecified atom stereocenters. The van der Waals surface area contributed by atoms with E-state index in [2.05, 4.69) is 5.32 Å². The van der Waals surface area contributed by atoms with Gasteiger partial charge in [-0.2, -0.15) is 0 Å². The predicted molar refractivity (Wildman–Crippen MR) is 146 cm³/mol. The first-order chi connectivity index (χ1) is 17.2. The van der Waals surface area contributed by atoms with Crippen molar-refractivity contribution in [3.63, 3.8) is 0 Å². The number of hydrogen-bond acceptors (Lipinski definition) is 3. The molecule has 0 radical (unpaired) electrons. The van der Waals surface area contributed by atoms with Crippen molar-refractivity contribution in [2.75, 3.05) is 6.61 Å². The van der Waals surface area contributed by atoms with Crippen LogP contribution in [-0.4, -0.2) is 35.4 Å². The Balaban J connectivity index is 1.93. The van der Waals surface area contributed by atoms with Gasteiger partial charge in [0.25, 0.3) is 5.91 Å². The zero-order valence-electron chi connectivity index (χ0n) is 21.1. The highest BCUT2D eigenvalue weighted by Gasteiger charge is 2.31. The highest BCUT2D eigenvalue weighted by molar-refractivity contribution is 6.32. The minimum absolute atomic E-state index is 0.0793. The van der Waals surface area contributed by atoms with Crippen LogP contribution in [0.15, 0.2) is 66.7 Å². The highest BCUT2D eigenvalue weighted by Crippen LogP contribution is 2.26. The minimum atomic E-state index is -0.754. The molecule has 190 valence electrons. The number of aryl methyl sites for hydroxylation is 2. The van der Waals surface area contributed by atoms with E-state index in [0.717, 1.165) is 22.3 Å². The molecule has 0 spiro atoms. The van der Waals surface area contributed by atoms with Gasteiger partial charge in [0.15, 0.2) is 6.61 Å². The molecule has 0 aliphatic carbocycles. The Labute approximate surface area is 223 Å². The number of hydrogen-bond donors (Lipinski definition) is 1. The van der Waals surface area contributed by atoms with Crippen LogP contribution in [0.2, 0.25) is 10.0 Å². The van der Waals surface area contributed by atoms with Gasteiger partial charge in [-0.3, -0.25) is 9.59 Å². The van der Waals surface area contributed by atoms with Gasteiger partial charge in [0, 0.05) is 29.1 Å². The lowest BCUT2D eigenvalue weighted by molar-refractivity contribution is -0.143. The molecule has 0 aliphatic heterocycles. The predicted octanol–water partition coefficient (Wildman–Crippen LogP) is 6.15. The molecule has 0 aromatic heterocycles. The molecular weight excluding hydrogens is 495 g/mol. The van der Waals surface area contributed by atoms with Gasteiger partial charge in [0.2, 0.25) is 5.91 Å². The van der Waals surface area contributed by atoms with E-state index in [9.17, 15) is 9.59 Å². The molecule has 1 atom stereocenters. The second kappa shape index (κ2) is 12.8. The Morgan fingerprint density at radius 1 is 0.944 bits per heavy atom. The van der Waals surface area contributed by atoms with Crippen molar-refractivity contribution in [1.82, 2.24) is 10.2 Å². The maximum atomic E-state index is 13.6. The molecule has 0 saturated heterocycles. The first kappa shape index (κ1) is 27.6. The van der Waals surface area contributed by atoms with Crippen LogP contribution < -0.4 is 10.1 Å². The first-order valence-electron chi connectivity index (χ1n) is 11.9. The Morgan fingerprint density at radius 3 is 2.17 bits per heavy atom. The number of amides is 2. The SMILES string of the molecule is Cc1cc(OCC(=O)N(Cc2ccccc2Cl)[C@@H](Cc2ccccc2)C(=O)NC(C)C)cc(C)c1Cl. The average Bonchev–Trinajstić information content (AvgIpc) is 2.84. The fraction of sp³-hybridized carbons (Fsp3) is 0.310. The lowest BCUT2D eigenvalue weighted by Gasteiger charge is -2.32. The Hall–Kier alpha value is -3.02. The van der Waals surface area contributed by atoms with Gasteiger partial charge in [0.1, 0.15) is 11.8 Å². The number of benzene rings is 3. The van der Waals surface area contributed by atoms with Gasteiger partial charge < -0.3 is 15.0 Å². The minimum Gasteiger partial charge on any atom is -0.484 e. The summed E-state index contributed by atoms with van der Waals surface area (Å²) in [5.41, 5.74) is 3.43. The maximum absolute atomic E-state index is 13.6. The van der Waals surface area contributed by atoms with E-state index in [4.69, 9.17) is 27.9 Å². The van der Waals surface area contributed by atoms with E-state index in [-0.39, 0.29) is 31.0 Å². The van der Waals surface area contributed by atoms with Gasteiger partial charge in [-0.15, -0.1) is 0 Å². The Kier molecular flexibility index (Phi) is 9.80. The van der Waals surface area contributed by atoms with Crippen LogP contribution in [0.1, 0.15) is 36.1 Å². The summed E-state index contributed by atoms with van der Waals surface area (Å²) in [6, 6.07) is 19.7. The highest BCUT2D eigenvalue weighted by atomic mass is 35.5. The van der Waals surface area contributed by atoms with Crippen molar-refractivity contribution >= 4 is 35.0 Å². The zero-order valence-corrected chi connectivity index (χ0v) is 22.6. The molecule has 3 aromatic carbocycles. The summed E-state index contributed by atoms with van der Waals surface area (Å²) in [5.74, 6) is -0.000800. The van der Waals surface area contributed by atoms with Crippen LogP contribution in [0.25, 0.3) is 0 Å². The lowest BCUT2D eigenvalue weighted by atomic mass is 10.0. The van der Waals surface area contributed by atoms with Crippen molar-refractivity contribution in [2.24, 2.45) is 0 Å². The quantitative estimate of drug-likeness (QED) is 0.344. The molecule has 0 fully saturated rings. The number of carbonyl (C=O) groups is 2. The van der Waals surface area contributed by atoms with Crippen LogP contribution in [-0.2, 0) is 22.6 Å². The summed E-state index contributed by atoms with van der Waals surface area (Å²) >= 11 is 12.7. The Bertz CT molecular complexity index is 1180. The number of halogens is 2. The van der Waals surface area contributed by atoms with E-state index in [0.29, 0.717) is 22.2 Å². The fourth-order valence-corrected chi connectivity index (χ4v) is 4.27. The van der Waals surface area contributed by atoms with Crippen molar-refractivity contribution in [3.05, 3.63) is 99.0 Å². The number of rotatable bonds is 10. The Morgan fingerprint density at radius 2 is 1.56 bits per heavy atom. The number of carbonyl (C=O) groups excluding carboxylic acids is 2. The largest absolute Gasteiger partial charge is 0.484 e. The van der Waals surface area contributed by atoms with Gasteiger partial charge in [-0.05, 0) is 68.1 Å². The van der Waals surface area contributed by atoms with Gasteiger partial charge in [0.05, 0.1) is 0 Å². The first-order valence-corrected chi connectivity index (χ1v) is 12.7. The summed E-state index contributed by atoms with van der Waals surface area (Å²) in [4.78, 5) is 28.6. The summed E-state index contributed by atoms with van der Waals surface area (Å²) in [6.07, 6.45) is 0.356. The van der Waals surface area contributed by atoms with E-state index >= 15 is 0 Å². The second-order valence-electron chi connectivity index (χ2n) is 9.14. The third-order valence-corrected chi connectivity index (χ3v) is 6.74. The van der Waals surface area contributed by atoms with E-state index in [1.54, 1.807) is 23.1 Å². The van der Waals surface area contributed by atoms with Gasteiger partial charge >= 0.3 is 0 Å². The van der Waals surface area contributed by atoms with E-state index in [1.165, 1.54) is 0 Å². The molecule has 0 aliphatic rings. The molecule has 3 rings (SSSR count). The molecule has 3 aromatic rings. The monoisotopic (exact) mass is 526 g/mol. The number of nitrogens with zero attached hydrogens (tertiary/aromatic N) is 1. The van der Waals surface area contributed by atoms with Crippen molar-refractivity contribution in [1.29, 1.82) is 0 Å². The third-order valence-electron chi connectivity index (χ3n) is 5.77. The molecule has 2 amide bonds. The van der Waals surface area contributed by atoms with Crippen LogP contribution in [0.4, 0.5) is 0 Å². The van der Waals surface area contributed by atoms with Gasteiger partial charge in [-0.25, -0.2) is 0 Å². The topological polar surface area (TPSA) is 58.6 Å². The maximum Gasteiger partial charge on any atom is 0.261 e. The van der Waals surface area contributed by atoms with Crippen molar-refractivity contribution in [3.8, 4) is 5.75 Å². The van der Waals surface area contributed by atoms with Crippen molar-refractivity contribution in [2.45, 2.75) is 52.7 Å². The zero-order chi connectivity index (χ0) is 26.2. The molecule has 36 heavy (non-hydrogen) atoms. The van der Waals surface area contributed by atoms with E-state index < -0.39 is 6.04 Å². The molecular formula is C29H32Cl2N2O3. The molecule has 7 heteroatoms. The summed E-state index contributed by atoms with van der Waals surface area (Å²) in [5, 5.41) is 4.17.